The van der Waals surface area contributed by atoms with Crippen molar-refractivity contribution in [3.63, 3.8) is 0 Å². The van der Waals surface area contributed by atoms with E-state index in [2.05, 4.69) is 22.5 Å². The molecule has 1 saturated heterocycles. The van der Waals surface area contributed by atoms with E-state index in [1.807, 2.05) is 6.92 Å². The number of nitrogens with one attached hydrogen (secondary N) is 2. The molecule has 0 aromatic carbocycles. The molecule has 1 saturated carbocycles. The van der Waals surface area contributed by atoms with E-state index in [9.17, 15) is 8.42 Å². The first kappa shape index (κ1) is 16.5. The number of nitrogens with zero attached hydrogens (tertiary/aromatic N) is 1. The third kappa shape index (κ3) is 4.10. The van der Waals surface area contributed by atoms with Crippen LogP contribution in [-0.4, -0.2) is 57.7 Å². The molecule has 122 valence electrons. The van der Waals surface area contributed by atoms with Gasteiger partial charge in [-0.1, -0.05) is 6.92 Å². The molecular weight excluding hydrogens is 290 g/mol. The van der Waals surface area contributed by atoms with Crippen LogP contribution in [0.15, 0.2) is 4.99 Å². The molecule has 0 spiro atoms. The number of rotatable bonds is 5. The molecule has 1 aliphatic heterocycles. The first-order chi connectivity index (χ1) is 9.88. The Morgan fingerprint density at radius 1 is 1.38 bits per heavy atom. The maximum absolute atomic E-state index is 12.2. The van der Waals surface area contributed by atoms with Gasteiger partial charge in [-0.3, -0.25) is 4.99 Å². The molecule has 2 atom stereocenters. The van der Waals surface area contributed by atoms with Crippen molar-refractivity contribution in [2.45, 2.75) is 43.9 Å². The van der Waals surface area contributed by atoms with Gasteiger partial charge in [0.05, 0.1) is 11.3 Å². The number of hydrogen-bond donors (Lipinski definition) is 2. The highest BCUT2D eigenvalue weighted by atomic mass is 32.2. The molecule has 21 heavy (non-hydrogen) atoms. The van der Waals surface area contributed by atoms with Crippen LogP contribution in [0.3, 0.4) is 0 Å². The van der Waals surface area contributed by atoms with Crippen molar-refractivity contribution in [1.29, 1.82) is 0 Å². The second-order valence-corrected chi connectivity index (χ2v) is 8.64. The summed E-state index contributed by atoms with van der Waals surface area (Å²) in [4.78, 5) is 4.55. The zero-order valence-corrected chi connectivity index (χ0v) is 14.0. The maximum Gasteiger partial charge on any atom is 0.191 e. The highest BCUT2D eigenvalue weighted by molar-refractivity contribution is 7.92. The minimum atomic E-state index is -3.16. The van der Waals surface area contributed by atoms with Crippen molar-refractivity contribution in [3.8, 4) is 0 Å². The fourth-order valence-electron chi connectivity index (χ4n) is 2.63. The normalized spacial score (nSPS) is 29.0. The Labute approximate surface area is 127 Å². The molecule has 2 aliphatic rings. The average molecular weight is 317 g/mol. The van der Waals surface area contributed by atoms with Crippen LogP contribution in [0.5, 0.6) is 0 Å². The lowest BCUT2D eigenvalue weighted by Crippen LogP contribution is -2.47. The Hall–Kier alpha value is -0.820. The SMILES string of the molecule is CCNC(=NCC1(S(C)(=O)=O)CCOCC1)NC1CC1C. The Balaban J connectivity index is 2.08. The minimum absolute atomic E-state index is 0.297. The molecule has 0 bridgehead atoms. The van der Waals surface area contributed by atoms with Gasteiger partial charge in [-0.15, -0.1) is 0 Å². The van der Waals surface area contributed by atoms with Crippen LogP contribution >= 0.6 is 0 Å². The van der Waals surface area contributed by atoms with E-state index < -0.39 is 14.6 Å². The second kappa shape index (κ2) is 6.52. The van der Waals surface area contributed by atoms with E-state index in [0.29, 0.717) is 44.6 Å². The van der Waals surface area contributed by atoms with Gasteiger partial charge in [0, 0.05) is 32.1 Å². The van der Waals surface area contributed by atoms with Gasteiger partial charge in [-0.2, -0.15) is 0 Å². The van der Waals surface area contributed by atoms with Crippen LogP contribution in [0, 0.1) is 5.92 Å². The Bertz CT molecular complexity index is 484. The second-order valence-electron chi connectivity index (χ2n) is 6.23. The topological polar surface area (TPSA) is 79.8 Å². The molecule has 0 aromatic rings. The summed E-state index contributed by atoms with van der Waals surface area (Å²) in [5, 5.41) is 6.56. The van der Waals surface area contributed by atoms with Gasteiger partial charge < -0.3 is 15.4 Å². The standard InChI is InChI=1S/C14H27N3O3S/c1-4-15-13(17-12-9-11(12)2)16-10-14(21(3,18)19)5-7-20-8-6-14/h11-12H,4-10H2,1-3H3,(H2,15,16,17). The summed E-state index contributed by atoms with van der Waals surface area (Å²) in [6, 6.07) is 0.465. The lowest BCUT2D eigenvalue weighted by atomic mass is 9.99. The summed E-state index contributed by atoms with van der Waals surface area (Å²) in [6.45, 7) is 6.25. The lowest BCUT2D eigenvalue weighted by molar-refractivity contribution is 0.0768. The van der Waals surface area contributed by atoms with Crippen molar-refractivity contribution in [1.82, 2.24) is 10.6 Å². The van der Waals surface area contributed by atoms with Crippen molar-refractivity contribution >= 4 is 15.8 Å². The Morgan fingerprint density at radius 3 is 2.48 bits per heavy atom. The predicted molar refractivity (Wildman–Crippen MR) is 84.3 cm³/mol. The highest BCUT2D eigenvalue weighted by Crippen LogP contribution is 2.30. The van der Waals surface area contributed by atoms with E-state index in [0.717, 1.165) is 18.9 Å². The summed E-state index contributed by atoms with van der Waals surface area (Å²) in [7, 11) is -3.16. The predicted octanol–water partition coefficient (Wildman–Crippen LogP) is 0.544. The number of hydrogen-bond acceptors (Lipinski definition) is 4. The average Bonchev–Trinajstić information content (AvgIpc) is 3.11. The van der Waals surface area contributed by atoms with Crippen molar-refractivity contribution in [3.05, 3.63) is 0 Å². The molecule has 2 fully saturated rings. The van der Waals surface area contributed by atoms with Crippen molar-refractivity contribution < 1.29 is 13.2 Å². The first-order valence-corrected chi connectivity index (χ1v) is 9.59. The summed E-state index contributed by atoms with van der Waals surface area (Å²) >= 11 is 0. The van der Waals surface area contributed by atoms with Gasteiger partial charge in [0.25, 0.3) is 0 Å². The summed E-state index contributed by atoms with van der Waals surface area (Å²) in [6.07, 6.45) is 3.51. The molecule has 2 unspecified atom stereocenters. The van der Waals surface area contributed by atoms with Gasteiger partial charge in [-0.05, 0) is 32.1 Å². The molecular formula is C14H27N3O3S. The third-order valence-electron chi connectivity index (χ3n) is 4.49. The van der Waals surface area contributed by atoms with E-state index in [1.165, 1.54) is 6.26 Å². The zero-order chi connectivity index (χ0) is 15.5. The van der Waals surface area contributed by atoms with Crippen molar-refractivity contribution in [2.24, 2.45) is 10.9 Å². The molecule has 2 N–H and O–H groups in total. The molecule has 1 aliphatic carbocycles. The van der Waals surface area contributed by atoms with E-state index in [-0.39, 0.29) is 0 Å². The summed E-state index contributed by atoms with van der Waals surface area (Å²) < 4.78 is 28.9. The largest absolute Gasteiger partial charge is 0.381 e. The number of ether oxygens (including phenoxy) is 1. The minimum Gasteiger partial charge on any atom is -0.381 e. The Morgan fingerprint density at radius 2 is 2.00 bits per heavy atom. The van der Waals surface area contributed by atoms with E-state index in [1.54, 1.807) is 0 Å². The molecule has 0 radical (unpaired) electrons. The number of sulfone groups is 1. The zero-order valence-electron chi connectivity index (χ0n) is 13.2. The van der Waals surface area contributed by atoms with Crippen LogP contribution in [0.25, 0.3) is 0 Å². The molecule has 0 amide bonds. The molecule has 2 rings (SSSR count). The summed E-state index contributed by atoms with van der Waals surface area (Å²) in [5.74, 6) is 1.39. The summed E-state index contributed by atoms with van der Waals surface area (Å²) in [5.41, 5.74) is 0. The molecule has 6 nitrogen and oxygen atoms in total. The van der Waals surface area contributed by atoms with Gasteiger partial charge in [0.1, 0.15) is 0 Å². The smallest absolute Gasteiger partial charge is 0.191 e. The van der Waals surface area contributed by atoms with Crippen LogP contribution < -0.4 is 10.6 Å². The van der Waals surface area contributed by atoms with Crippen LogP contribution in [0.2, 0.25) is 0 Å². The third-order valence-corrected chi connectivity index (χ3v) is 6.60. The number of aliphatic imine (C=N–C) groups is 1. The van der Waals surface area contributed by atoms with Crippen LogP contribution in [0.1, 0.15) is 33.1 Å². The fourth-order valence-corrected chi connectivity index (χ4v) is 3.84. The van der Waals surface area contributed by atoms with Gasteiger partial charge in [0.2, 0.25) is 0 Å². The Kier molecular flexibility index (Phi) is 5.14. The van der Waals surface area contributed by atoms with Crippen LogP contribution in [0.4, 0.5) is 0 Å². The van der Waals surface area contributed by atoms with Crippen LogP contribution in [-0.2, 0) is 14.6 Å². The fraction of sp³-hybridized carbons (Fsp3) is 0.929. The van der Waals surface area contributed by atoms with E-state index in [4.69, 9.17) is 4.74 Å². The number of guanidine groups is 1. The molecule has 0 aromatic heterocycles. The van der Waals surface area contributed by atoms with E-state index >= 15 is 0 Å². The monoisotopic (exact) mass is 317 g/mol. The maximum atomic E-state index is 12.2. The van der Waals surface area contributed by atoms with Gasteiger partial charge in [-0.25, -0.2) is 8.42 Å². The molecule has 1 heterocycles. The molecule has 7 heteroatoms. The van der Waals surface area contributed by atoms with Crippen molar-refractivity contribution in [2.75, 3.05) is 32.6 Å². The van der Waals surface area contributed by atoms with Gasteiger partial charge >= 0.3 is 0 Å². The van der Waals surface area contributed by atoms with Gasteiger partial charge in [0.15, 0.2) is 15.8 Å². The lowest BCUT2D eigenvalue weighted by Gasteiger charge is -2.34. The highest BCUT2D eigenvalue weighted by Gasteiger charge is 2.42. The first-order valence-electron chi connectivity index (χ1n) is 7.70. The quantitative estimate of drug-likeness (QED) is 0.571.